The minimum atomic E-state index is -0.417. The normalized spacial score (nSPS) is 13.6. The highest BCUT2D eigenvalue weighted by Gasteiger charge is 2.17. The van der Waals surface area contributed by atoms with E-state index in [2.05, 4.69) is 10.4 Å². The molecule has 2 unspecified atom stereocenters. The van der Waals surface area contributed by atoms with Crippen LogP contribution in [0.15, 0.2) is 36.4 Å². The molecule has 2 rings (SSSR count). The smallest absolute Gasteiger partial charge is 0.271 e. The molecule has 5 nitrogen and oxygen atoms in total. The molecule has 2 N–H and O–H groups in total. The summed E-state index contributed by atoms with van der Waals surface area (Å²) >= 11 is 0. The van der Waals surface area contributed by atoms with Gasteiger partial charge in [0, 0.05) is 25.2 Å². The number of nitrogens with zero attached hydrogens (tertiary/aromatic N) is 2. The fraction of sp³-hybridized carbons (Fsp3) is 0.412. The number of aromatic nitrogens is 2. The number of hydrogen-bond acceptors (Lipinski definition) is 3. The Balaban J connectivity index is 2.03. The van der Waals surface area contributed by atoms with Crippen LogP contribution >= 0.6 is 0 Å². The van der Waals surface area contributed by atoms with Crippen molar-refractivity contribution < 1.29 is 9.90 Å². The maximum Gasteiger partial charge on any atom is 0.271 e. The lowest BCUT2D eigenvalue weighted by Crippen LogP contribution is -2.30. The zero-order valence-corrected chi connectivity index (χ0v) is 13.3. The van der Waals surface area contributed by atoms with E-state index in [9.17, 15) is 9.90 Å². The molecule has 2 atom stereocenters. The largest absolute Gasteiger partial charge is 0.393 e. The molecular weight excluding hydrogens is 278 g/mol. The van der Waals surface area contributed by atoms with Crippen LogP contribution in [0.5, 0.6) is 0 Å². The third kappa shape index (κ3) is 4.18. The standard InChI is InChI=1S/C17H23N3O2/c1-12-9-16(19-20(12)3)17(22)18-11-15(10-13(2)21)14-7-5-4-6-8-14/h4-9,13,15,21H,10-11H2,1-3H3,(H,18,22). The number of nitrogens with one attached hydrogen (secondary N) is 1. The van der Waals surface area contributed by atoms with Gasteiger partial charge in [0.15, 0.2) is 0 Å². The first-order valence-electron chi connectivity index (χ1n) is 7.49. The summed E-state index contributed by atoms with van der Waals surface area (Å²) in [5.74, 6) is -0.106. The molecule has 0 saturated heterocycles. The molecule has 0 spiro atoms. The second kappa shape index (κ2) is 7.22. The maximum absolute atomic E-state index is 12.2. The van der Waals surface area contributed by atoms with Crippen LogP contribution in [0.25, 0.3) is 0 Å². The fourth-order valence-corrected chi connectivity index (χ4v) is 2.45. The van der Waals surface area contributed by atoms with Gasteiger partial charge >= 0.3 is 0 Å². The van der Waals surface area contributed by atoms with Gasteiger partial charge in [0.2, 0.25) is 0 Å². The van der Waals surface area contributed by atoms with Crippen molar-refractivity contribution in [3.63, 3.8) is 0 Å². The Kier molecular flexibility index (Phi) is 5.33. The molecule has 0 aliphatic heterocycles. The maximum atomic E-state index is 12.2. The molecule has 2 aromatic rings. The van der Waals surface area contributed by atoms with Crippen LogP contribution in [0.4, 0.5) is 0 Å². The van der Waals surface area contributed by atoms with Gasteiger partial charge in [0.25, 0.3) is 5.91 Å². The summed E-state index contributed by atoms with van der Waals surface area (Å²) in [5.41, 5.74) is 2.47. The number of hydrogen-bond donors (Lipinski definition) is 2. The van der Waals surface area contributed by atoms with Crippen molar-refractivity contribution in [2.24, 2.45) is 7.05 Å². The van der Waals surface area contributed by atoms with Crippen molar-refractivity contribution in [2.75, 3.05) is 6.54 Å². The number of aryl methyl sites for hydroxylation is 2. The zero-order valence-electron chi connectivity index (χ0n) is 13.3. The van der Waals surface area contributed by atoms with Crippen molar-refractivity contribution >= 4 is 5.91 Å². The lowest BCUT2D eigenvalue weighted by molar-refractivity contribution is 0.0940. The second-order valence-corrected chi connectivity index (χ2v) is 5.70. The number of benzene rings is 1. The Hall–Kier alpha value is -2.14. The Morgan fingerprint density at radius 2 is 2.05 bits per heavy atom. The molecule has 1 amide bonds. The van der Waals surface area contributed by atoms with Gasteiger partial charge in [-0.15, -0.1) is 0 Å². The highest BCUT2D eigenvalue weighted by molar-refractivity contribution is 5.92. The monoisotopic (exact) mass is 301 g/mol. The number of amides is 1. The van der Waals surface area contributed by atoms with Gasteiger partial charge in [-0.05, 0) is 31.9 Å². The topological polar surface area (TPSA) is 67.2 Å². The Morgan fingerprint density at radius 3 is 2.59 bits per heavy atom. The first-order chi connectivity index (χ1) is 10.5. The highest BCUT2D eigenvalue weighted by atomic mass is 16.3. The summed E-state index contributed by atoms with van der Waals surface area (Å²) in [5, 5.41) is 16.8. The van der Waals surface area contributed by atoms with Crippen molar-refractivity contribution in [3.05, 3.63) is 53.3 Å². The second-order valence-electron chi connectivity index (χ2n) is 5.70. The Morgan fingerprint density at radius 1 is 1.36 bits per heavy atom. The third-order valence-corrected chi connectivity index (χ3v) is 3.75. The van der Waals surface area contributed by atoms with Crippen LogP contribution in [0.3, 0.4) is 0 Å². The average molecular weight is 301 g/mol. The van der Waals surface area contributed by atoms with Gasteiger partial charge < -0.3 is 10.4 Å². The van der Waals surface area contributed by atoms with E-state index in [1.165, 1.54) is 0 Å². The Labute approximate surface area is 131 Å². The molecule has 1 aromatic carbocycles. The van der Waals surface area contributed by atoms with Crippen LogP contribution in [0, 0.1) is 6.92 Å². The molecule has 0 saturated carbocycles. The summed E-state index contributed by atoms with van der Waals surface area (Å²) in [4.78, 5) is 12.2. The quantitative estimate of drug-likeness (QED) is 0.857. The van der Waals surface area contributed by atoms with Gasteiger partial charge in [-0.25, -0.2) is 0 Å². The summed E-state index contributed by atoms with van der Waals surface area (Å²) in [6, 6.07) is 11.7. The third-order valence-electron chi connectivity index (χ3n) is 3.75. The molecule has 22 heavy (non-hydrogen) atoms. The molecule has 1 heterocycles. The van der Waals surface area contributed by atoms with Crippen LogP contribution in [0.2, 0.25) is 0 Å². The summed E-state index contributed by atoms with van der Waals surface area (Å²) < 4.78 is 1.68. The highest BCUT2D eigenvalue weighted by Crippen LogP contribution is 2.20. The predicted molar refractivity (Wildman–Crippen MR) is 85.8 cm³/mol. The van der Waals surface area contributed by atoms with Crippen LogP contribution in [-0.4, -0.2) is 33.4 Å². The summed E-state index contributed by atoms with van der Waals surface area (Å²) in [6.45, 7) is 4.15. The lowest BCUT2D eigenvalue weighted by atomic mass is 9.93. The summed E-state index contributed by atoms with van der Waals surface area (Å²) in [7, 11) is 1.81. The molecule has 0 aliphatic carbocycles. The Bertz CT molecular complexity index is 601. The van der Waals surface area contributed by atoms with Gasteiger partial charge in [0.05, 0.1) is 6.10 Å². The molecular formula is C17H23N3O2. The van der Waals surface area contributed by atoms with Crippen molar-refractivity contribution in [2.45, 2.75) is 32.3 Å². The van der Waals surface area contributed by atoms with Gasteiger partial charge in [-0.2, -0.15) is 5.10 Å². The van der Waals surface area contributed by atoms with E-state index >= 15 is 0 Å². The van der Waals surface area contributed by atoms with Crippen molar-refractivity contribution in [1.82, 2.24) is 15.1 Å². The minimum absolute atomic E-state index is 0.0787. The van der Waals surface area contributed by atoms with Crippen LogP contribution < -0.4 is 5.32 Å². The van der Waals surface area contributed by atoms with Crippen LogP contribution in [-0.2, 0) is 7.05 Å². The molecule has 0 radical (unpaired) electrons. The predicted octanol–water partition coefficient (Wildman–Crippen LogP) is 2.01. The van der Waals surface area contributed by atoms with E-state index in [4.69, 9.17) is 0 Å². The number of carbonyl (C=O) groups excluding carboxylic acids is 1. The molecule has 118 valence electrons. The number of aliphatic hydroxyl groups is 1. The van der Waals surface area contributed by atoms with E-state index in [1.54, 1.807) is 17.7 Å². The lowest BCUT2D eigenvalue weighted by Gasteiger charge is -2.19. The van der Waals surface area contributed by atoms with Crippen LogP contribution in [0.1, 0.15) is 41.0 Å². The first-order valence-corrected chi connectivity index (χ1v) is 7.49. The fourth-order valence-electron chi connectivity index (χ4n) is 2.45. The van der Waals surface area contributed by atoms with E-state index in [-0.39, 0.29) is 11.8 Å². The summed E-state index contributed by atoms with van der Waals surface area (Å²) in [6.07, 6.45) is 0.185. The van der Waals surface area contributed by atoms with E-state index in [1.807, 2.05) is 44.3 Å². The van der Waals surface area contributed by atoms with Gasteiger partial charge in [0.1, 0.15) is 5.69 Å². The average Bonchev–Trinajstić information content (AvgIpc) is 2.83. The zero-order chi connectivity index (χ0) is 16.1. The number of rotatable bonds is 6. The SMILES string of the molecule is Cc1cc(C(=O)NCC(CC(C)O)c2ccccc2)nn1C. The van der Waals surface area contributed by atoms with E-state index in [0.717, 1.165) is 11.3 Å². The molecule has 0 aliphatic rings. The molecule has 1 aromatic heterocycles. The van der Waals surface area contributed by atoms with Gasteiger partial charge in [-0.3, -0.25) is 9.48 Å². The number of aliphatic hydroxyl groups excluding tert-OH is 1. The first kappa shape index (κ1) is 16.2. The molecule has 0 bridgehead atoms. The van der Waals surface area contributed by atoms with Gasteiger partial charge in [-0.1, -0.05) is 30.3 Å². The van der Waals surface area contributed by atoms with E-state index < -0.39 is 6.10 Å². The number of carbonyl (C=O) groups is 1. The van der Waals surface area contributed by atoms with Crippen molar-refractivity contribution in [1.29, 1.82) is 0 Å². The van der Waals surface area contributed by atoms with Crippen molar-refractivity contribution in [3.8, 4) is 0 Å². The van der Waals surface area contributed by atoms with E-state index in [0.29, 0.717) is 18.7 Å². The molecule has 0 fully saturated rings. The molecule has 5 heteroatoms. The minimum Gasteiger partial charge on any atom is -0.393 e.